The first-order chi connectivity index (χ1) is 14.7. The van der Waals surface area contributed by atoms with Crippen LogP contribution in [0.2, 0.25) is 0 Å². The van der Waals surface area contributed by atoms with Crippen LogP contribution in [0.25, 0.3) is 32.6 Å². The summed E-state index contributed by atoms with van der Waals surface area (Å²) < 4.78 is 0. The van der Waals surface area contributed by atoms with Crippen molar-refractivity contribution in [2.45, 2.75) is 13.0 Å². The minimum absolute atomic E-state index is 0.237. The summed E-state index contributed by atoms with van der Waals surface area (Å²) in [5, 5.41) is 13.6. The van der Waals surface area contributed by atoms with Gasteiger partial charge in [0.05, 0.1) is 17.6 Å². The topological polar surface area (TPSA) is 82.1 Å². The molecular weight excluding hydrogens is 376 g/mol. The van der Waals surface area contributed by atoms with E-state index in [0.29, 0.717) is 5.52 Å². The molecule has 0 saturated carbocycles. The molecule has 1 aliphatic heterocycles. The second-order valence-electron chi connectivity index (χ2n) is 7.69. The van der Waals surface area contributed by atoms with Crippen LogP contribution in [-0.2, 0) is 13.0 Å². The van der Waals surface area contributed by atoms with Gasteiger partial charge in [0.1, 0.15) is 5.82 Å². The van der Waals surface area contributed by atoms with Crippen molar-refractivity contribution in [1.29, 1.82) is 0 Å². The molecule has 2 aromatic carbocycles. The third-order valence-electron chi connectivity index (χ3n) is 6.01. The molecule has 0 radical (unpaired) electrons. The fourth-order valence-corrected chi connectivity index (χ4v) is 4.58. The van der Waals surface area contributed by atoms with Crippen molar-refractivity contribution in [3.8, 4) is 0 Å². The van der Waals surface area contributed by atoms with Crippen LogP contribution in [0.5, 0.6) is 0 Å². The molecule has 0 unspecified atom stereocenters. The third-order valence-corrected chi connectivity index (χ3v) is 6.01. The molecule has 2 N–H and O–H groups in total. The van der Waals surface area contributed by atoms with Gasteiger partial charge in [-0.05, 0) is 36.2 Å². The standard InChI is InChI=1S/C24H18N4O2/c29-24(30)14-5-6-16-19-12-25-9-7-18(19)23(27-21(16)11-14)28-10-8-17-15-3-1-2-4-20(15)26-22(17)13-28/h1-7,9,11-12,26H,8,10,13H2,(H,29,30). The van der Waals surface area contributed by atoms with Crippen LogP contribution < -0.4 is 4.90 Å². The van der Waals surface area contributed by atoms with Gasteiger partial charge in [-0.3, -0.25) is 4.98 Å². The molecule has 3 aromatic heterocycles. The predicted octanol–water partition coefficient (Wildman–Crippen LogP) is 4.53. The molecule has 0 fully saturated rings. The van der Waals surface area contributed by atoms with Crippen molar-refractivity contribution in [2.24, 2.45) is 0 Å². The van der Waals surface area contributed by atoms with Gasteiger partial charge in [0.15, 0.2) is 0 Å². The number of para-hydroxylation sites is 1. The molecule has 6 heteroatoms. The molecular formula is C24H18N4O2. The number of hydrogen-bond acceptors (Lipinski definition) is 4. The maximum absolute atomic E-state index is 11.5. The summed E-state index contributed by atoms with van der Waals surface area (Å²) in [7, 11) is 0. The summed E-state index contributed by atoms with van der Waals surface area (Å²) in [6.45, 7) is 1.59. The van der Waals surface area contributed by atoms with Crippen molar-refractivity contribution in [3.05, 3.63) is 77.7 Å². The maximum atomic E-state index is 11.5. The predicted molar refractivity (Wildman–Crippen MR) is 117 cm³/mol. The first-order valence-corrected chi connectivity index (χ1v) is 9.93. The van der Waals surface area contributed by atoms with Gasteiger partial charge in [-0.2, -0.15) is 0 Å². The number of carboxylic acid groups (broad SMARTS) is 1. The monoisotopic (exact) mass is 394 g/mol. The second-order valence-corrected chi connectivity index (χ2v) is 7.69. The number of hydrogen-bond donors (Lipinski definition) is 2. The van der Waals surface area contributed by atoms with Crippen molar-refractivity contribution in [2.75, 3.05) is 11.4 Å². The van der Waals surface area contributed by atoms with Crippen molar-refractivity contribution in [3.63, 3.8) is 0 Å². The van der Waals surface area contributed by atoms with Crippen LogP contribution >= 0.6 is 0 Å². The number of aromatic amines is 1. The van der Waals surface area contributed by atoms with Crippen LogP contribution in [0, 0.1) is 0 Å². The molecule has 0 amide bonds. The molecule has 4 heterocycles. The number of carboxylic acids is 1. The average molecular weight is 394 g/mol. The van der Waals surface area contributed by atoms with Gasteiger partial charge in [0.25, 0.3) is 0 Å². The molecule has 6 rings (SSSR count). The molecule has 0 spiro atoms. The second kappa shape index (κ2) is 6.29. The first kappa shape index (κ1) is 17.0. The van der Waals surface area contributed by atoms with E-state index in [1.54, 1.807) is 18.3 Å². The molecule has 5 aromatic rings. The Morgan fingerprint density at radius 2 is 1.93 bits per heavy atom. The number of carbonyl (C=O) groups is 1. The number of rotatable bonds is 2. The highest BCUT2D eigenvalue weighted by Crippen LogP contribution is 2.35. The summed E-state index contributed by atoms with van der Waals surface area (Å²) >= 11 is 0. The normalized spacial score (nSPS) is 13.8. The maximum Gasteiger partial charge on any atom is 0.335 e. The van der Waals surface area contributed by atoms with E-state index in [1.165, 1.54) is 16.6 Å². The molecule has 30 heavy (non-hydrogen) atoms. The Kier molecular flexibility index (Phi) is 3.56. The largest absolute Gasteiger partial charge is 0.478 e. The SMILES string of the molecule is O=C(O)c1ccc2c(c1)nc(N1CCc3c([nH]c4ccccc34)C1)c1ccncc12. The number of anilines is 1. The molecule has 0 saturated heterocycles. The van der Waals surface area contributed by atoms with Gasteiger partial charge in [-0.25, -0.2) is 9.78 Å². The number of benzene rings is 2. The zero-order chi connectivity index (χ0) is 20.2. The van der Waals surface area contributed by atoms with Crippen molar-refractivity contribution < 1.29 is 9.90 Å². The molecule has 1 aliphatic rings. The van der Waals surface area contributed by atoms with Gasteiger partial charge < -0.3 is 15.0 Å². The lowest BCUT2D eigenvalue weighted by Gasteiger charge is -2.29. The van der Waals surface area contributed by atoms with E-state index >= 15 is 0 Å². The van der Waals surface area contributed by atoms with Gasteiger partial charge in [0.2, 0.25) is 0 Å². The molecule has 6 nitrogen and oxygen atoms in total. The Hall–Kier alpha value is -3.93. The zero-order valence-corrected chi connectivity index (χ0v) is 16.1. The van der Waals surface area contributed by atoms with Crippen LogP contribution in [0.1, 0.15) is 21.6 Å². The molecule has 146 valence electrons. The van der Waals surface area contributed by atoms with Crippen LogP contribution in [0.15, 0.2) is 60.9 Å². The summed E-state index contributed by atoms with van der Waals surface area (Å²) in [6, 6.07) is 15.5. The van der Waals surface area contributed by atoms with E-state index in [0.717, 1.165) is 47.0 Å². The Morgan fingerprint density at radius 1 is 1.03 bits per heavy atom. The highest BCUT2D eigenvalue weighted by Gasteiger charge is 2.23. The summed E-state index contributed by atoms with van der Waals surface area (Å²) in [4.78, 5) is 26.5. The highest BCUT2D eigenvalue weighted by molar-refractivity contribution is 6.11. The lowest BCUT2D eigenvalue weighted by Crippen LogP contribution is -2.31. The Bertz CT molecular complexity index is 1470. The number of nitrogens with zero attached hydrogens (tertiary/aromatic N) is 3. The molecule has 0 bridgehead atoms. The number of fused-ring (bicyclic) bond motifs is 6. The van der Waals surface area contributed by atoms with Gasteiger partial charge in [-0.1, -0.05) is 24.3 Å². The number of aromatic nitrogens is 3. The van der Waals surface area contributed by atoms with Crippen LogP contribution in [-0.4, -0.2) is 32.6 Å². The highest BCUT2D eigenvalue weighted by atomic mass is 16.4. The van der Waals surface area contributed by atoms with Gasteiger partial charge in [0, 0.05) is 51.7 Å². The van der Waals surface area contributed by atoms with Crippen molar-refractivity contribution >= 4 is 44.4 Å². The molecule has 0 atom stereocenters. The smallest absolute Gasteiger partial charge is 0.335 e. The average Bonchev–Trinajstić information content (AvgIpc) is 3.16. The number of nitrogens with one attached hydrogen (secondary N) is 1. The first-order valence-electron chi connectivity index (χ1n) is 9.93. The lowest BCUT2D eigenvalue weighted by atomic mass is 10.0. The fourth-order valence-electron chi connectivity index (χ4n) is 4.58. The summed E-state index contributed by atoms with van der Waals surface area (Å²) in [5.41, 5.74) is 4.66. The van der Waals surface area contributed by atoms with E-state index < -0.39 is 5.97 Å². The number of H-pyrrole nitrogens is 1. The Labute approximate surface area is 171 Å². The van der Waals surface area contributed by atoms with Crippen LogP contribution in [0.3, 0.4) is 0 Å². The van der Waals surface area contributed by atoms with E-state index in [2.05, 4.69) is 33.1 Å². The fraction of sp³-hybridized carbons (Fsp3) is 0.125. The van der Waals surface area contributed by atoms with Crippen molar-refractivity contribution in [1.82, 2.24) is 15.0 Å². The number of aromatic carboxylic acids is 1. The quantitative estimate of drug-likeness (QED) is 0.430. The minimum atomic E-state index is -0.952. The summed E-state index contributed by atoms with van der Waals surface area (Å²) in [5.74, 6) is -0.0843. The van der Waals surface area contributed by atoms with Gasteiger partial charge >= 0.3 is 5.97 Å². The van der Waals surface area contributed by atoms with Gasteiger partial charge in [-0.15, -0.1) is 0 Å². The minimum Gasteiger partial charge on any atom is -0.478 e. The zero-order valence-electron chi connectivity index (χ0n) is 16.1. The third kappa shape index (κ3) is 2.47. The van der Waals surface area contributed by atoms with E-state index in [1.807, 2.05) is 24.4 Å². The lowest BCUT2D eigenvalue weighted by molar-refractivity contribution is 0.0697. The Morgan fingerprint density at radius 3 is 2.83 bits per heavy atom. The summed E-state index contributed by atoms with van der Waals surface area (Å²) in [6.07, 6.45) is 4.55. The van der Waals surface area contributed by atoms with E-state index in [9.17, 15) is 9.90 Å². The Balaban J connectivity index is 1.53. The number of pyridine rings is 2. The molecule has 0 aliphatic carbocycles. The van der Waals surface area contributed by atoms with Crippen LogP contribution in [0.4, 0.5) is 5.82 Å². The van der Waals surface area contributed by atoms with E-state index in [-0.39, 0.29) is 5.56 Å². The van der Waals surface area contributed by atoms with E-state index in [4.69, 9.17) is 4.98 Å².